The molecule has 0 aromatic rings. The highest BCUT2D eigenvalue weighted by Crippen LogP contribution is 2.18. The lowest BCUT2D eigenvalue weighted by molar-refractivity contribution is -0.144. The summed E-state index contributed by atoms with van der Waals surface area (Å²) in [5.41, 5.74) is 0. The van der Waals surface area contributed by atoms with E-state index in [1.54, 1.807) is 0 Å². The van der Waals surface area contributed by atoms with E-state index in [0.717, 1.165) is 32.1 Å². The Morgan fingerprint density at radius 2 is 1.14 bits per heavy atom. The van der Waals surface area contributed by atoms with Gasteiger partial charge in [0.25, 0.3) is 0 Å². The zero-order valence-electron chi connectivity index (χ0n) is 19.3. The van der Waals surface area contributed by atoms with E-state index < -0.39 is 11.9 Å². The van der Waals surface area contributed by atoms with Crippen molar-refractivity contribution in [1.29, 1.82) is 0 Å². The molecular weight excluding hydrogens is 364 g/mol. The van der Waals surface area contributed by atoms with Crippen LogP contribution < -0.4 is 0 Å². The molecule has 0 spiro atoms. The zero-order valence-corrected chi connectivity index (χ0v) is 19.3. The second-order valence-corrected chi connectivity index (χ2v) is 9.09. The van der Waals surface area contributed by atoms with Crippen LogP contribution in [0, 0.1) is 11.8 Å². The molecular formula is C25H46O4. The number of aliphatic carboxylic acids is 1. The zero-order chi connectivity index (χ0) is 21.9. The Kier molecular flexibility index (Phi) is 18.0. The molecule has 1 atom stereocenters. The fourth-order valence-electron chi connectivity index (χ4n) is 3.77. The molecule has 0 aliphatic heterocycles. The van der Waals surface area contributed by atoms with E-state index in [2.05, 4.69) is 6.92 Å². The molecule has 0 bridgehead atoms. The quantitative estimate of drug-likeness (QED) is 0.204. The number of carbonyl (C=O) groups is 3. The molecule has 0 fully saturated rings. The van der Waals surface area contributed by atoms with Gasteiger partial charge >= 0.3 is 5.97 Å². The Morgan fingerprint density at radius 1 is 0.655 bits per heavy atom. The third-order valence-electron chi connectivity index (χ3n) is 5.53. The van der Waals surface area contributed by atoms with Gasteiger partial charge in [-0.25, -0.2) is 0 Å². The summed E-state index contributed by atoms with van der Waals surface area (Å²) in [6.07, 6.45) is 16.3. The van der Waals surface area contributed by atoms with Crippen molar-refractivity contribution < 1.29 is 19.5 Å². The first-order chi connectivity index (χ1) is 13.9. The Hall–Kier alpha value is -1.19. The van der Waals surface area contributed by atoms with Gasteiger partial charge in [0.1, 0.15) is 11.6 Å². The minimum absolute atomic E-state index is 0.0449. The fraction of sp³-hybridized carbons (Fsp3) is 0.880. The lowest BCUT2D eigenvalue weighted by Gasteiger charge is -2.12. The van der Waals surface area contributed by atoms with Gasteiger partial charge < -0.3 is 5.11 Å². The van der Waals surface area contributed by atoms with Crippen molar-refractivity contribution in [2.24, 2.45) is 11.8 Å². The van der Waals surface area contributed by atoms with Gasteiger partial charge in [-0.05, 0) is 25.2 Å². The monoisotopic (exact) mass is 410 g/mol. The number of rotatable bonds is 21. The standard InChI is InChI=1S/C25H46O4/c1-4-5-6-7-8-9-10-11-14-17-23(26)18-15-12-13-16-22(25(28)29)20-24(27)19-21(2)3/h21-22H,4-20H2,1-3H3,(H,28,29). The van der Waals surface area contributed by atoms with E-state index in [-0.39, 0.29) is 18.1 Å². The highest BCUT2D eigenvalue weighted by atomic mass is 16.4. The maximum atomic E-state index is 12.0. The van der Waals surface area contributed by atoms with Crippen LogP contribution in [0.2, 0.25) is 0 Å². The van der Waals surface area contributed by atoms with Gasteiger partial charge in [-0.15, -0.1) is 0 Å². The molecule has 170 valence electrons. The molecule has 4 nitrogen and oxygen atoms in total. The van der Waals surface area contributed by atoms with Crippen molar-refractivity contribution >= 4 is 17.5 Å². The number of Topliss-reactive ketones (excluding diaryl/α,β-unsaturated/α-hetero) is 2. The smallest absolute Gasteiger partial charge is 0.306 e. The summed E-state index contributed by atoms with van der Waals surface area (Å²) in [5, 5.41) is 9.31. The summed E-state index contributed by atoms with van der Waals surface area (Å²) in [5.74, 6) is -0.783. The van der Waals surface area contributed by atoms with Crippen molar-refractivity contribution in [2.75, 3.05) is 0 Å². The number of unbranched alkanes of at least 4 members (excludes halogenated alkanes) is 10. The maximum Gasteiger partial charge on any atom is 0.306 e. The summed E-state index contributed by atoms with van der Waals surface area (Å²) >= 11 is 0. The first-order valence-corrected chi connectivity index (χ1v) is 12.1. The van der Waals surface area contributed by atoms with Gasteiger partial charge in [-0.1, -0.05) is 85.0 Å². The number of carboxylic acids is 1. The molecule has 0 heterocycles. The van der Waals surface area contributed by atoms with Gasteiger partial charge in [-0.2, -0.15) is 0 Å². The van der Waals surface area contributed by atoms with Gasteiger partial charge in [0.2, 0.25) is 0 Å². The van der Waals surface area contributed by atoms with E-state index in [1.807, 2.05) is 13.8 Å². The van der Waals surface area contributed by atoms with E-state index in [0.29, 0.717) is 31.5 Å². The molecule has 4 heteroatoms. The molecule has 0 amide bonds. The average Bonchev–Trinajstić information content (AvgIpc) is 2.64. The SMILES string of the molecule is CCCCCCCCCCCC(=O)CCCCCC(CC(=O)CC(C)C)C(=O)O. The summed E-state index contributed by atoms with van der Waals surface area (Å²) in [6.45, 7) is 6.18. The molecule has 0 saturated heterocycles. The molecule has 0 aromatic heterocycles. The molecule has 1 N–H and O–H groups in total. The number of carboxylic acid groups (broad SMARTS) is 1. The Labute approximate surface area is 179 Å². The van der Waals surface area contributed by atoms with Gasteiger partial charge in [0, 0.05) is 25.7 Å². The largest absolute Gasteiger partial charge is 0.481 e. The fourth-order valence-corrected chi connectivity index (χ4v) is 3.77. The van der Waals surface area contributed by atoms with Crippen LogP contribution in [0.15, 0.2) is 0 Å². The minimum atomic E-state index is -0.872. The third-order valence-corrected chi connectivity index (χ3v) is 5.53. The van der Waals surface area contributed by atoms with Crippen LogP contribution in [-0.4, -0.2) is 22.6 Å². The molecule has 29 heavy (non-hydrogen) atoms. The summed E-state index contributed by atoms with van der Waals surface area (Å²) in [4.78, 5) is 35.2. The highest BCUT2D eigenvalue weighted by Gasteiger charge is 2.21. The molecule has 0 aliphatic carbocycles. The van der Waals surface area contributed by atoms with Crippen LogP contribution in [0.25, 0.3) is 0 Å². The van der Waals surface area contributed by atoms with Gasteiger partial charge in [0.05, 0.1) is 5.92 Å². The average molecular weight is 411 g/mol. The highest BCUT2D eigenvalue weighted by molar-refractivity contribution is 5.83. The van der Waals surface area contributed by atoms with Crippen molar-refractivity contribution in [3.63, 3.8) is 0 Å². The lowest BCUT2D eigenvalue weighted by Crippen LogP contribution is -2.19. The second kappa shape index (κ2) is 18.8. The number of carbonyl (C=O) groups excluding carboxylic acids is 2. The first-order valence-electron chi connectivity index (χ1n) is 12.1. The summed E-state index contributed by atoms with van der Waals surface area (Å²) in [6, 6.07) is 0. The third kappa shape index (κ3) is 18.6. The topological polar surface area (TPSA) is 71.4 Å². The molecule has 0 aromatic carbocycles. The number of ketones is 2. The van der Waals surface area contributed by atoms with Gasteiger partial charge in [-0.3, -0.25) is 14.4 Å². The van der Waals surface area contributed by atoms with Crippen LogP contribution in [0.5, 0.6) is 0 Å². The van der Waals surface area contributed by atoms with Crippen molar-refractivity contribution in [1.82, 2.24) is 0 Å². The van der Waals surface area contributed by atoms with Crippen molar-refractivity contribution in [3.05, 3.63) is 0 Å². The predicted octanol–water partition coefficient (Wildman–Crippen LogP) is 7.13. The Bertz CT molecular complexity index is 442. The lowest BCUT2D eigenvalue weighted by atomic mass is 9.92. The predicted molar refractivity (Wildman–Crippen MR) is 120 cm³/mol. The molecule has 0 radical (unpaired) electrons. The van der Waals surface area contributed by atoms with Crippen LogP contribution >= 0.6 is 0 Å². The van der Waals surface area contributed by atoms with Gasteiger partial charge in [0.15, 0.2) is 0 Å². The van der Waals surface area contributed by atoms with Crippen molar-refractivity contribution in [2.45, 2.75) is 130 Å². The summed E-state index contributed by atoms with van der Waals surface area (Å²) < 4.78 is 0. The van der Waals surface area contributed by atoms with Crippen LogP contribution in [0.1, 0.15) is 130 Å². The number of hydrogen-bond donors (Lipinski definition) is 1. The van der Waals surface area contributed by atoms with E-state index in [9.17, 15) is 19.5 Å². The van der Waals surface area contributed by atoms with Crippen LogP contribution in [0.4, 0.5) is 0 Å². The molecule has 0 rings (SSSR count). The minimum Gasteiger partial charge on any atom is -0.481 e. The second-order valence-electron chi connectivity index (χ2n) is 9.09. The van der Waals surface area contributed by atoms with Crippen molar-refractivity contribution in [3.8, 4) is 0 Å². The molecule has 1 unspecified atom stereocenters. The molecule has 0 aliphatic rings. The normalized spacial score (nSPS) is 12.3. The maximum absolute atomic E-state index is 12.0. The van der Waals surface area contributed by atoms with E-state index >= 15 is 0 Å². The Balaban J connectivity index is 3.66. The van der Waals surface area contributed by atoms with E-state index in [1.165, 1.54) is 44.9 Å². The number of hydrogen-bond acceptors (Lipinski definition) is 3. The molecule has 0 saturated carbocycles. The Morgan fingerprint density at radius 3 is 1.62 bits per heavy atom. The van der Waals surface area contributed by atoms with Crippen LogP contribution in [-0.2, 0) is 14.4 Å². The van der Waals surface area contributed by atoms with Crippen LogP contribution in [0.3, 0.4) is 0 Å². The summed E-state index contributed by atoms with van der Waals surface area (Å²) in [7, 11) is 0. The van der Waals surface area contributed by atoms with E-state index in [4.69, 9.17) is 0 Å². The first kappa shape index (κ1) is 27.8.